The molecule has 1 aliphatic carbocycles. The maximum absolute atomic E-state index is 5.35. The number of benzene rings is 1. The molecule has 0 atom stereocenters. The summed E-state index contributed by atoms with van der Waals surface area (Å²) in [5.41, 5.74) is 8.68. The van der Waals surface area contributed by atoms with Gasteiger partial charge in [0.2, 0.25) is 0 Å². The van der Waals surface area contributed by atoms with E-state index in [2.05, 4.69) is 43.1 Å². The van der Waals surface area contributed by atoms with Crippen molar-refractivity contribution in [3.8, 4) is 0 Å². The van der Waals surface area contributed by atoms with Crippen LogP contribution in [0.1, 0.15) is 69.9 Å². The number of aliphatic imine (C=N–C) groups is 1. The van der Waals surface area contributed by atoms with Crippen molar-refractivity contribution < 1.29 is 0 Å². The lowest BCUT2D eigenvalue weighted by Crippen LogP contribution is -2.24. The molecule has 1 saturated carbocycles. The van der Waals surface area contributed by atoms with Crippen LogP contribution in [0, 0.1) is 11.3 Å². The molecule has 0 saturated heterocycles. The van der Waals surface area contributed by atoms with Gasteiger partial charge >= 0.3 is 0 Å². The quantitative estimate of drug-likeness (QED) is 0.473. The Hall–Kier alpha value is -1.31. The van der Waals surface area contributed by atoms with Gasteiger partial charge in [-0.3, -0.25) is 4.99 Å². The van der Waals surface area contributed by atoms with E-state index in [9.17, 15) is 0 Å². The molecule has 1 aliphatic rings. The Morgan fingerprint density at radius 2 is 1.82 bits per heavy atom. The van der Waals surface area contributed by atoms with Gasteiger partial charge < -0.3 is 5.73 Å². The molecular weight excluding hydrogens is 268 g/mol. The van der Waals surface area contributed by atoms with Crippen molar-refractivity contribution >= 4 is 6.34 Å². The summed E-state index contributed by atoms with van der Waals surface area (Å²) in [4.78, 5) is 4.14. The molecule has 0 amide bonds. The van der Waals surface area contributed by atoms with E-state index in [0.29, 0.717) is 12.0 Å². The predicted molar refractivity (Wildman–Crippen MR) is 96.1 cm³/mol. The SMILES string of the molecule is CCCC(CCC)(CCc1cccc(CN=CN)c1)C1CC1. The second kappa shape index (κ2) is 8.36. The van der Waals surface area contributed by atoms with E-state index in [4.69, 9.17) is 5.73 Å². The topological polar surface area (TPSA) is 38.4 Å². The van der Waals surface area contributed by atoms with Crippen molar-refractivity contribution in [1.82, 2.24) is 0 Å². The Morgan fingerprint density at radius 1 is 1.14 bits per heavy atom. The molecule has 1 fully saturated rings. The summed E-state index contributed by atoms with van der Waals surface area (Å²) in [6.45, 7) is 5.39. The Morgan fingerprint density at radius 3 is 2.41 bits per heavy atom. The van der Waals surface area contributed by atoms with Gasteiger partial charge in [0.1, 0.15) is 0 Å². The summed E-state index contributed by atoms with van der Waals surface area (Å²) in [5, 5.41) is 0. The molecule has 0 heterocycles. The van der Waals surface area contributed by atoms with E-state index in [-0.39, 0.29) is 0 Å². The van der Waals surface area contributed by atoms with Crippen LogP contribution in [-0.4, -0.2) is 6.34 Å². The highest BCUT2D eigenvalue weighted by atomic mass is 14.8. The molecular formula is C20H32N2. The van der Waals surface area contributed by atoms with Crippen LogP contribution < -0.4 is 5.73 Å². The monoisotopic (exact) mass is 300 g/mol. The van der Waals surface area contributed by atoms with Crippen LogP contribution in [0.15, 0.2) is 29.3 Å². The second-order valence-corrected chi connectivity index (χ2v) is 6.95. The molecule has 2 nitrogen and oxygen atoms in total. The maximum Gasteiger partial charge on any atom is 0.0801 e. The lowest BCUT2D eigenvalue weighted by Gasteiger charge is -2.34. The van der Waals surface area contributed by atoms with Gasteiger partial charge in [-0.2, -0.15) is 0 Å². The molecule has 1 aromatic rings. The second-order valence-electron chi connectivity index (χ2n) is 6.95. The van der Waals surface area contributed by atoms with Gasteiger partial charge in [0.15, 0.2) is 0 Å². The van der Waals surface area contributed by atoms with Crippen molar-refractivity contribution in [2.75, 3.05) is 0 Å². The molecule has 0 bridgehead atoms. The van der Waals surface area contributed by atoms with Crippen molar-refractivity contribution in [1.29, 1.82) is 0 Å². The summed E-state index contributed by atoms with van der Waals surface area (Å²) in [6, 6.07) is 8.88. The number of aryl methyl sites for hydroxylation is 1. The van der Waals surface area contributed by atoms with E-state index >= 15 is 0 Å². The van der Waals surface area contributed by atoms with Crippen molar-refractivity contribution in [2.24, 2.45) is 22.1 Å². The third kappa shape index (κ3) is 4.59. The van der Waals surface area contributed by atoms with Crippen LogP contribution in [0.25, 0.3) is 0 Å². The van der Waals surface area contributed by atoms with E-state index in [0.717, 1.165) is 5.92 Å². The molecule has 0 unspecified atom stereocenters. The average molecular weight is 300 g/mol. The third-order valence-corrected chi connectivity index (χ3v) is 5.22. The normalized spacial score (nSPS) is 15.5. The van der Waals surface area contributed by atoms with Crippen LogP contribution in [0.3, 0.4) is 0 Å². The standard InChI is InChI=1S/C20H32N2/c1-3-11-20(12-4-2,19-8-9-19)13-10-17-6-5-7-18(14-17)15-22-16-21/h5-7,14,16,19H,3-4,8-13,15H2,1-2H3,(H2,21,22). The first kappa shape index (κ1) is 17.1. The van der Waals surface area contributed by atoms with Crippen LogP contribution in [-0.2, 0) is 13.0 Å². The zero-order valence-electron chi connectivity index (χ0n) is 14.4. The Labute approximate surface area is 136 Å². The smallest absolute Gasteiger partial charge is 0.0801 e. The van der Waals surface area contributed by atoms with E-state index in [1.54, 1.807) is 0 Å². The number of nitrogens with zero attached hydrogens (tertiary/aromatic N) is 1. The minimum absolute atomic E-state index is 0.606. The van der Waals surface area contributed by atoms with E-state index in [1.807, 2.05) is 0 Å². The molecule has 2 rings (SSSR count). The molecule has 0 aromatic heterocycles. The molecule has 2 heteroatoms. The third-order valence-electron chi connectivity index (χ3n) is 5.22. The fourth-order valence-electron chi connectivity index (χ4n) is 4.11. The minimum Gasteiger partial charge on any atom is -0.390 e. The van der Waals surface area contributed by atoms with Gasteiger partial charge in [0, 0.05) is 0 Å². The summed E-state index contributed by atoms with van der Waals surface area (Å²) < 4.78 is 0. The van der Waals surface area contributed by atoms with Gasteiger partial charge in [0.25, 0.3) is 0 Å². The minimum atomic E-state index is 0.606. The van der Waals surface area contributed by atoms with E-state index in [1.165, 1.54) is 68.8 Å². The first-order chi connectivity index (χ1) is 10.7. The lowest BCUT2D eigenvalue weighted by atomic mass is 9.71. The molecule has 0 aliphatic heterocycles. The molecule has 22 heavy (non-hydrogen) atoms. The van der Waals surface area contributed by atoms with Crippen molar-refractivity contribution in [2.45, 2.75) is 71.8 Å². The van der Waals surface area contributed by atoms with Crippen LogP contribution in [0.2, 0.25) is 0 Å². The Kier molecular flexibility index (Phi) is 6.48. The zero-order chi connectivity index (χ0) is 15.8. The van der Waals surface area contributed by atoms with Crippen LogP contribution in [0.4, 0.5) is 0 Å². The summed E-state index contributed by atoms with van der Waals surface area (Å²) in [5.74, 6) is 0.998. The fourth-order valence-corrected chi connectivity index (χ4v) is 4.11. The average Bonchev–Trinajstić information content (AvgIpc) is 3.37. The van der Waals surface area contributed by atoms with Gasteiger partial charge in [-0.05, 0) is 61.0 Å². The number of rotatable bonds is 10. The number of hydrogen-bond donors (Lipinski definition) is 1. The molecule has 2 N–H and O–H groups in total. The summed E-state index contributed by atoms with van der Waals surface area (Å²) in [7, 11) is 0. The largest absolute Gasteiger partial charge is 0.390 e. The zero-order valence-corrected chi connectivity index (χ0v) is 14.4. The highest BCUT2D eigenvalue weighted by Crippen LogP contribution is 2.53. The number of nitrogens with two attached hydrogens (primary N) is 1. The maximum atomic E-state index is 5.35. The summed E-state index contributed by atoms with van der Waals surface area (Å²) in [6.07, 6.45) is 12.3. The first-order valence-corrected chi connectivity index (χ1v) is 9.02. The van der Waals surface area contributed by atoms with Gasteiger partial charge in [-0.1, -0.05) is 51.0 Å². The molecule has 1 aromatic carbocycles. The van der Waals surface area contributed by atoms with Gasteiger partial charge in [-0.15, -0.1) is 0 Å². The highest BCUT2D eigenvalue weighted by Gasteiger charge is 2.42. The molecule has 0 spiro atoms. The summed E-state index contributed by atoms with van der Waals surface area (Å²) >= 11 is 0. The predicted octanol–water partition coefficient (Wildman–Crippen LogP) is 5.10. The number of hydrogen-bond acceptors (Lipinski definition) is 1. The highest BCUT2D eigenvalue weighted by molar-refractivity contribution is 5.51. The first-order valence-electron chi connectivity index (χ1n) is 9.02. The molecule has 122 valence electrons. The van der Waals surface area contributed by atoms with Crippen LogP contribution >= 0.6 is 0 Å². The van der Waals surface area contributed by atoms with Crippen LogP contribution in [0.5, 0.6) is 0 Å². The fraction of sp³-hybridized carbons (Fsp3) is 0.650. The molecule has 0 radical (unpaired) electrons. The van der Waals surface area contributed by atoms with Crippen molar-refractivity contribution in [3.05, 3.63) is 35.4 Å². The van der Waals surface area contributed by atoms with Gasteiger partial charge in [0.05, 0.1) is 12.9 Å². The Bertz CT molecular complexity index is 468. The van der Waals surface area contributed by atoms with Gasteiger partial charge in [-0.25, -0.2) is 0 Å². The Balaban J connectivity index is 2.02. The van der Waals surface area contributed by atoms with Crippen molar-refractivity contribution in [3.63, 3.8) is 0 Å². The lowest BCUT2D eigenvalue weighted by molar-refractivity contribution is 0.174. The van der Waals surface area contributed by atoms with E-state index < -0.39 is 0 Å².